The Hall–Kier alpha value is -0.0900. The summed E-state index contributed by atoms with van der Waals surface area (Å²) in [4.78, 5) is 10.8. The summed E-state index contributed by atoms with van der Waals surface area (Å²) in [5.74, 6) is 0.957. The van der Waals surface area contributed by atoms with Crippen molar-refractivity contribution in [1.82, 2.24) is 5.32 Å². The molecule has 0 radical (unpaired) electrons. The first-order chi connectivity index (χ1) is 5.66. The lowest BCUT2D eigenvalue weighted by Crippen LogP contribution is -2.25. The molecule has 0 spiro atoms. The van der Waals surface area contributed by atoms with Gasteiger partial charge in [0.2, 0.25) is 5.91 Å². The molecule has 1 amide bonds. The number of amides is 1. The lowest BCUT2D eigenvalue weighted by Gasteiger charge is -2.01. The number of hydrogen-bond donors (Lipinski definition) is 1. The van der Waals surface area contributed by atoms with E-state index in [1.165, 1.54) is 0 Å². The van der Waals surface area contributed by atoms with Crippen LogP contribution in [-0.4, -0.2) is 34.5 Å². The Morgan fingerprint density at radius 2 is 2.25 bits per heavy atom. The van der Waals surface area contributed by atoms with E-state index in [2.05, 4.69) is 5.32 Å². The second-order valence-electron chi connectivity index (χ2n) is 2.42. The molecule has 0 aliphatic rings. The van der Waals surface area contributed by atoms with E-state index in [0.29, 0.717) is 24.6 Å². The lowest BCUT2D eigenvalue weighted by atomic mass is 10.4. The Morgan fingerprint density at radius 3 is 2.75 bits per heavy atom. The van der Waals surface area contributed by atoms with Crippen LogP contribution in [0.15, 0.2) is 0 Å². The molecule has 0 aliphatic carbocycles. The molecule has 0 aromatic heterocycles. The van der Waals surface area contributed by atoms with Gasteiger partial charge < -0.3 is 5.32 Å². The summed E-state index contributed by atoms with van der Waals surface area (Å²) in [6.07, 6.45) is 2.77. The lowest BCUT2D eigenvalue weighted by molar-refractivity contribution is -0.120. The molecule has 1 atom stereocenters. The van der Waals surface area contributed by atoms with E-state index in [0.717, 1.165) is 6.42 Å². The zero-order valence-electron chi connectivity index (χ0n) is 7.14. The molecule has 0 bridgehead atoms. The van der Waals surface area contributed by atoms with Gasteiger partial charge >= 0.3 is 0 Å². The van der Waals surface area contributed by atoms with Gasteiger partial charge in [-0.05, 0) is 6.42 Å². The van der Waals surface area contributed by atoms with E-state index in [-0.39, 0.29) is 5.91 Å². The van der Waals surface area contributed by atoms with Crippen LogP contribution in [-0.2, 0) is 15.6 Å². The number of carbonyl (C=O) groups excluding carboxylic acids is 1. The first kappa shape index (κ1) is 11.9. The molecule has 1 N–H and O–H groups in total. The molecule has 0 saturated heterocycles. The van der Waals surface area contributed by atoms with Gasteiger partial charge in [0.25, 0.3) is 0 Å². The summed E-state index contributed by atoms with van der Waals surface area (Å²) in [5.41, 5.74) is 0. The number of rotatable bonds is 6. The molecule has 0 aromatic rings. The second kappa shape index (κ2) is 7.55. The number of alkyl halides is 1. The quantitative estimate of drug-likeness (QED) is 0.514. The van der Waals surface area contributed by atoms with Gasteiger partial charge in [-0.3, -0.25) is 9.00 Å². The first-order valence-electron chi connectivity index (χ1n) is 3.79. The van der Waals surface area contributed by atoms with Crippen molar-refractivity contribution in [3.05, 3.63) is 0 Å². The molecule has 0 aliphatic heterocycles. The van der Waals surface area contributed by atoms with Crippen molar-refractivity contribution in [3.63, 3.8) is 0 Å². The fourth-order valence-electron chi connectivity index (χ4n) is 0.677. The summed E-state index contributed by atoms with van der Waals surface area (Å²) in [6.45, 7) is 0.593. The maximum atomic E-state index is 10.8. The zero-order valence-corrected chi connectivity index (χ0v) is 8.71. The molecule has 3 nitrogen and oxygen atoms in total. The number of hydrogen-bond acceptors (Lipinski definition) is 2. The highest BCUT2D eigenvalue weighted by Crippen LogP contribution is 1.85. The molecule has 5 heteroatoms. The minimum Gasteiger partial charge on any atom is -0.356 e. The van der Waals surface area contributed by atoms with E-state index >= 15 is 0 Å². The predicted octanol–water partition coefficient (Wildman–Crippen LogP) is 0.500. The Morgan fingerprint density at radius 1 is 1.58 bits per heavy atom. The zero-order chi connectivity index (χ0) is 9.40. The van der Waals surface area contributed by atoms with Crippen LogP contribution in [0, 0.1) is 0 Å². The molecule has 12 heavy (non-hydrogen) atoms. The van der Waals surface area contributed by atoms with E-state index in [1.54, 1.807) is 6.26 Å². The van der Waals surface area contributed by atoms with Crippen molar-refractivity contribution in [3.8, 4) is 0 Å². The third-order valence-corrected chi connectivity index (χ3v) is 2.30. The standard InChI is InChI=1S/C7H14ClNO2S/c1-12(11)6-2-5-9-7(10)3-4-8/h2-6H2,1H3,(H,9,10). The van der Waals surface area contributed by atoms with Crippen LogP contribution in [0.4, 0.5) is 0 Å². The number of carbonyl (C=O) groups is 1. The van der Waals surface area contributed by atoms with Gasteiger partial charge in [-0.1, -0.05) is 0 Å². The molecular weight excluding hydrogens is 198 g/mol. The normalized spacial score (nSPS) is 12.5. The van der Waals surface area contributed by atoms with Gasteiger partial charge in [-0.2, -0.15) is 0 Å². The van der Waals surface area contributed by atoms with Crippen molar-refractivity contribution in [2.45, 2.75) is 12.8 Å². The SMILES string of the molecule is CS(=O)CCCNC(=O)CCCl. The van der Waals surface area contributed by atoms with Crippen molar-refractivity contribution in [2.24, 2.45) is 0 Å². The van der Waals surface area contributed by atoms with E-state index in [9.17, 15) is 9.00 Å². The highest BCUT2D eigenvalue weighted by atomic mass is 35.5. The van der Waals surface area contributed by atoms with Crippen LogP contribution in [0.1, 0.15) is 12.8 Å². The monoisotopic (exact) mass is 211 g/mol. The minimum atomic E-state index is -0.761. The average molecular weight is 212 g/mol. The van der Waals surface area contributed by atoms with E-state index < -0.39 is 10.8 Å². The first-order valence-corrected chi connectivity index (χ1v) is 6.05. The Kier molecular flexibility index (Phi) is 7.50. The van der Waals surface area contributed by atoms with Gasteiger partial charge in [0.05, 0.1) is 0 Å². The Bertz CT molecular complexity index is 163. The van der Waals surface area contributed by atoms with Crippen LogP contribution in [0.3, 0.4) is 0 Å². The van der Waals surface area contributed by atoms with E-state index in [1.807, 2.05) is 0 Å². The third-order valence-electron chi connectivity index (χ3n) is 1.25. The van der Waals surface area contributed by atoms with Crippen LogP contribution < -0.4 is 5.32 Å². The number of halogens is 1. The summed E-state index contributed by atoms with van der Waals surface area (Å²) in [5, 5.41) is 2.68. The largest absolute Gasteiger partial charge is 0.356 e. The molecule has 0 fully saturated rings. The summed E-state index contributed by atoms with van der Waals surface area (Å²) >= 11 is 5.35. The third kappa shape index (κ3) is 8.01. The van der Waals surface area contributed by atoms with Crippen LogP contribution in [0.5, 0.6) is 0 Å². The highest BCUT2D eigenvalue weighted by Gasteiger charge is 1.98. The van der Waals surface area contributed by atoms with Crippen LogP contribution in [0.2, 0.25) is 0 Å². The Balaban J connectivity index is 3.19. The van der Waals surface area contributed by atoms with Crippen molar-refractivity contribution < 1.29 is 9.00 Å². The van der Waals surface area contributed by atoms with Crippen molar-refractivity contribution in [1.29, 1.82) is 0 Å². The molecule has 0 saturated carbocycles. The maximum Gasteiger partial charge on any atom is 0.221 e. The van der Waals surface area contributed by atoms with E-state index in [4.69, 9.17) is 11.6 Å². The van der Waals surface area contributed by atoms with Gasteiger partial charge in [-0.15, -0.1) is 11.6 Å². The average Bonchev–Trinajstić information content (AvgIpc) is 1.98. The Labute approximate surface area is 80.3 Å². The second-order valence-corrected chi connectivity index (χ2v) is 4.35. The van der Waals surface area contributed by atoms with Crippen molar-refractivity contribution >= 4 is 28.3 Å². The minimum absolute atomic E-state index is 0.0353. The van der Waals surface area contributed by atoms with Crippen LogP contribution >= 0.6 is 11.6 Å². The van der Waals surface area contributed by atoms with Crippen LogP contribution in [0.25, 0.3) is 0 Å². The fraction of sp³-hybridized carbons (Fsp3) is 0.857. The smallest absolute Gasteiger partial charge is 0.221 e. The molecule has 1 unspecified atom stereocenters. The molecule has 72 valence electrons. The predicted molar refractivity (Wildman–Crippen MR) is 51.9 cm³/mol. The summed E-state index contributed by atoms with van der Waals surface area (Å²) < 4.78 is 10.6. The summed E-state index contributed by atoms with van der Waals surface area (Å²) in [6, 6.07) is 0. The van der Waals surface area contributed by atoms with Gasteiger partial charge in [0.15, 0.2) is 0 Å². The molecular formula is C7H14ClNO2S. The van der Waals surface area contributed by atoms with Gasteiger partial charge in [0.1, 0.15) is 0 Å². The van der Waals surface area contributed by atoms with Gasteiger partial charge in [0, 0.05) is 41.7 Å². The fourth-order valence-corrected chi connectivity index (χ4v) is 1.40. The highest BCUT2D eigenvalue weighted by molar-refractivity contribution is 7.84. The molecule has 0 rings (SSSR count). The topological polar surface area (TPSA) is 46.2 Å². The number of nitrogens with one attached hydrogen (secondary N) is 1. The molecule has 0 aromatic carbocycles. The van der Waals surface area contributed by atoms with Crippen molar-refractivity contribution in [2.75, 3.05) is 24.4 Å². The summed E-state index contributed by atoms with van der Waals surface area (Å²) in [7, 11) is -0.761. The molecule has 0 heterocycles. The maximum absolute atomic E-state index is 10.8. The van der Waals surface area contributed by atoms with Gasteiger partial charge in [-0.25, -0.2) is 0 Å².